The van der Waals surface area contributed by atoms with Crippen molar-refractivity contribution in [2.24, 2.45) is 0 Å². The molecule has 0 bridgehead atoms. The van der Waals surface area contributed by atoms with Crippen molar-refractivity contribution < 1.29 is 4.74 Å². The Morgan fingerprint density at radius 2 is 1.31 bits per heavy atom. The lowest BCUT2D eigenvalue weighted by Crippen LogP contribution is -2.21. The Bertz CT molecular complexity index is 753. The highest BCUT2D eigenvalue weighted by Gasteiger charge is 2.05. The van der Waals surface area contributed by atoms with E-state index in [9.17, 15) is 0 Å². The van der Waals surface area contributed by atoms with Gasteiger partial charge in [-0.1, -0.05) is 72.8 Å². The van der Waals surface area contributed by atoms with Gasteiger partial charge in [0, 0.05) is 12.5 Å². The molecule has 0 aliphatic rings. The summed E-state index contributed by atoms with van der Waals surface area (Å²) in [4.78, 5) is 0. The zero-order valence-electron chi connectivity index (χ0n) is 15.4. The summed E-state index contributed by atoms with van der Waals surface area (Å²) >= 11 is 0. The number of nitrogens with one attached hydrogen (secondary N) is 1. The average molecular weight is 345 g/mol. The molecule has 0 aliphatic heterocycles. The summed E-state index contributed by atoms with van der Waals surface area (Å²) in [5.74, 6) is 0.932. The minimum Gasteiger partial charge on any atom is -0.493 e. The van der Waals surface area contributed by atoms with Crippen LogP contribution >= 0.6 is 0 Å². The Kier molecular flexibility index (Phi) is 6.86. The lowest BCUT2D eigenvalue weighted by Gasteiger charge is -2.15. The Morgan fingerprint density at radius 3 is 1.92 bits per heavy atom. The molecule has 3 aromatic rings. The molecule has 3 rings (SSSR count). The standard InChI is InChI=1S/C24H27NO/c1-20(25-18-16-21-8-4-2-5-9-21)23-12-14-24(15-13-23)26-19-17-22-10-6-3-7-11-22/h2-15,20,25H,16-19H2,1H3. The summed E-state index contributed by atoms with van der Waals surface area (Å²) in [5, 5.41) is 3.59. The fourth-order valence-electron chi connectivity index (χ4n) is 2.98. The van der Waals surface area contributed by atoms with E-state index in [1.807, 2.05) is 6.07 Å². The molecule has 3 aromatic carbocycles. The first kappa shape index (κ1) is 18.2. The van der Waals surface area contributed by atoms with Crippen molar-refractivity contribution in [3.8, 4) is 5.75 Å². The summed E-state index contributed by atoms with van der Waals surface area (Å²) in [5.41, 5.74) is 3.96. The lowest BCUT2D eigenvalue weighted by molar-refractivity contribution is 0.322. The van der Waals surface area contributed by atoms with Crippen molar-refractivity contribution in [3.63, 3.8) is 0 Å². The summed E-state index contributed by atoms with van der Waals surface area (Å²) < 4.78 is 5.86. The normalized spacial score (nSPS) is 11.9. The zero-order chi connectivity index (χ0) is 18.0. The van der Waals surface area contributed by atoms with Gasteiger partial charge in [0.2, 0.25) is 0 Å². The highest BCUT2D eigenvalue weighted by molar-refractivity contribution is 5.29. The fraction of sp³-hybridized carbons (Fsp3) is 0.250. The molecule has 0 saturated heterocycles. The van der Waals surface area contributed by atoms with Gasteiger partial charge in [0.25, 0.3) is 0 Å². The van der Waals surface area contributed by atoms with E-state index in [0.717, 1.165) is 25.1 Å². The lowest BCUT2D eigenvalue weighted by atomic mass is 10.1. The molecule has 134 valence electrons. The van der Waals surface area contributed by atoms with Crippen LogP contribution in [0, 0.1) is 0 Å². The molecular formula is C24H27NO. The molecule has 0 aliphatic carbocycles. The van der Waals surface area contributed by atoms with E-state index >= 15 is 0 Å². The quantitative estimate of drug-likeness (QED) is 0.575. The van der Waals surface area contributed by atoms with Gasteiger partial charge in [-0.05, 0) is 48.7 Å². The summed E-state index contributed by atoms with van der Waals surface area (Å²) in [6.07, 6.45) is 1.98. The van der Waals surface area contributed by atoms with Crippen molar-refractivity contribution in [2.75, 3.05) is 13.2 Å². The second kappa shape index (κ2) is 9.79. The van der Waals surface area contributed by atoms with Crippen LogP contribution in [-0.4, -0.2) is 13.2 Å². The minimum absolute atomic E-state index is 0.331. The fourth-order valence-corrected chi connectivity index (χ4v) is 2.98. The average Bonchev–Trinajstić information content (AvgIpc) is 2.70. The number of hydrogen-bond acceptors (Lipinski definition) is 2. The highest BCUT2D eigenvalue weighted by Crippen LogP contribution is 2.18. The first-order valence-electron chi connectivity index (χ1n) is 9.35. The first-order valence-corrected chi connectivity index (χ1v) is 9.35. The van der Waals surface area contributed by atoms with Gasteiger partial charge < -0.3 is 10.1 Å². The molecule has 1 N–H and O–H groups in total. The minimum atomic E-state index is 0.331. The predicted octanol–water partition coefficient (Wildman–Crippen LogP) is 5.20. The Hall–Kier alpha value is -2.58. The smallest absolute Gasteiger partial charge is 0.119 e. The van der Waals surface area contributed by atoms with Crippen LogP contribution in [0.15, 0.2) is 84.9 Å². The molecule has 26 heavy (non-hydrogen) atoms. The molecule has 1 atom stereocenters. The van der Waals surface area contributed by atoms with E-state index < -0.39 is 0 Å². The largest absolute Gasteiger partial charge is 0.493 e. The van der Waals surface area contributed by atoms with Crippen LogP contribution in [0.5, 0.6) is 5.75 Å². The molecule has 0 heterocycles. The Morgan fingerprint density at radius 1 is 0.731 bits per heavy atom. The van der Waals surface area contributed by atoms with Gasteiger partial charge in [-0.15, -0.1) is 0 Å². The van der Waals surface area contributed by atoms with Crippen LogP contribution in [-0.2, 0) is 12.8 Å². The van der Waals surface area contributed by atoms with Crippen molar-refractivity contribution in [3.05, 3.63) is 102 Å². The molecule has 0 fully saturated rings. The SMILES string of the molecule is CC(NCCc1ccccc1)c1ccc(OCCc2ccccc2)cc1. The van der Waals surface area contributed by atoms with Gasteiger partial charge in [-0.2, -0.15) is 0 Å². The van der Waals surface area contributed by atoms with Gasteiger partial charge in [0.15, 0.2) is 0 Å². The third-order valence-electron chi connectivity index (χ3n) is 4.59. The Labute approximate surface area is 156 Å². The second-order valence-electron chi connectivity index (χ2n) is 6.56. The molecule has 2 nitrogen and oxygen atoms in total. The maximum Gasteiger partial charge on any atom is 0.119 e. The second-order valence-corrected chi connectivity index (χ2v) is 6.56. The molecule has 1 unspecified atom stereocenters. The first-order chi connectivity index (χ1) is 12.8. The maximum absolute atomic E-state index is 5.86. The van der Waals surface area contributed by atoms with Gasteiger partial charge >= 0.3 is 0 Å². The number of benzene rings is 3. The number of hydrogen-bond donors (Lipinski definition) is 1. The van der Waals surface area contributed by atoms with Gasteiger partial charge in [0.1, 0.15) is 5.75 Å². The molecule has 2 heteroatoms. The van der Waals surface area contributed by atoms with Crippen LogP contribution in [0.1, 0.15) is 29.7 Å². The molecule has 0 radical (unpaired) electrons. The molecule has 0 aromatic heterocycles. The predicted molar refractivity (Wildman–Crippen MR) is 109 cm³/mol. The van der Waals surface area contributed by atoms with E-state index in [4.69, 9.17) is 4.74 Å². The molecular weight excluding hydrogens is 318 g/mol. The van der Waals surface area contributed by atoms with Crippen molar-refractivity contribution in [1.82, 2.24) is 5.32 Å². The summed E-state index contributed by atoms with van der Waals surface area (Å²) in [7, 11) is 0. The van der Waals surface area contributed by atoms with Gasteiger partial charge in [0.05, 0.1) is 6.61 Å². The van der Waals surface area contributed by atoms with Gasteiger partial charge in [-0.25, -0.2) is 0 Å². The van der Waals surface area contributed by atoms with Crippen LogP contribution in [0.25, 0.3) is 0 Å². The van der Waals surface area contributed by atoms with E-state index in [1.54, 1.807) is 0 Å². The third-order valence-corrected chi connectivity index (χ3v) is 4.59. The number of rotatable bonds is 9. The highest BCUT2D eigenvalue weighted by atomic mass is 16.5. The van der Waals surface area contributed by atoms with Crippen molar-refractivity contribution >= 4 is 0 Å². The van der Waals surface area contributed by atoms with E-state index in [-0.39, 0.29) is 0 Å². The van der Waals surface area contributed by atoms with Crippen molar-refractivity contribution in [1.29, 1.82) is 0 Å². The van der Waals surface area contributed by atoms with Crippen molar-refractivity contribution in [2.45, 2.75) is 25.8 Å². The third kappa shape index (κ3) is 5.75. The summed E-state index contributed by atoms with van der Waals surface area (Å²) in [6, 6.07) is 29.8. The number of ether oxygens (including phenoxy) is 1. The molecule has 0 spiro atoms. The van der Waals surface area contributed by atoms with E-state index in [2.05, 4.69) is 91.1 Å². The van der Waals surface area contributed by atoms with E-state index in [0.29, 0.717) is 12.6 Å². The van der Waals surface area contributed by atoms with Crippen LogP contribution in [0.2, 0.25) is 0 Å². The van der Waals surface area contributed by atoms with Crippen LogP contribution < -0.4 is 10.1 Å². The van der Waals surface area contributed by atoms with Crippen LogP contribution in [0.3, 0.4) is 0 Å². The summed E-state index contributed by atoms with van der Waals surface area (Å²) in [6.45, 7) is 3.88. The monoisotopic (exact) mass is 345 g/mol. The van der Waals surface area contributed by atoms with Crippen LogP contribution in [0.4, 0.5) is 0 Å². The van der Waals surface area contributed by atoms with E-state index in [1.165, 1.54) is 16.7 Å². The van der Waals surface area contributed by atoms with Gasteiger partial charge in [-0.3, -0.25) is 0 Å². The molecule has 0 saturated carbocycles. The topological polar surface area (TPSA) is 21.3 Å². The Balaban J connectivity index is 1.41. The zero-order valence-corrected chi connectivity index (χ0v) is 15.4. The molecule has 0 amide bonds. The maximum atomic E-state index is 5.86.